The van der Waals surface area contributed by atoms with E-state index in [1.54, 1.807) is 6.08 Å². The minimum absolute atomic E-state index is 0.238. The smallest absolute Gasteiger partial charge is 0.111 e. The Kier molecular flexibility index (Phi) is 6.46. The topological polar surface area (TPSA) is 32.3 Å². The molecule has 0 saturated heterocycles. The van der Waals surface area contributed by atoms with E-state index in [-0.39, 0.29) is 6.04 Å². The van der Waals surface area contributed by atoms with Gasteiger partial charge < -0.3 is 10.4 Å². The van der Waals surface area contributed by atoms with E-state index in [2.05, 4.69) is 63.5 Å². The summed E-state index contributed by atoms with van der Waals surface area (Å²) < 4.78 is 0. The minimum atomic E-state index is -0.238. The third-order valence-electron chi connectivity index (χ3n) is 4.78. The molecule has 0 spiro atoms. The Bertz CT molecular complexity index is 831. The molecule has 1 atom stereocenters. The normalized spacial score (nSPS) is 12.5. The summed E-state index contributed by atoms with van der Waals surface area (Å²) in [5.41, 5.74) is 7.49. The number of aliphatic hydroxyl groups excluding tert-OH is 1. The Morgan fingerprint density at radius 2 is 1.77 bits per heavy atom. The van der Waals surface area contributed by atoms with Gasteiger partial charge in [-0.3, -0.25) is 0 Å². The van der Waals surface area contributed by atoms with Gasteiger partial charge in [-0.25, -0.2) is 0 Å². The first-order valence-electron chi connectivity index (χ1n) is 8.95. The molecule has 0 bridgehead atoms. The summed E-state index contributed by atoms with van der Waals surface area (Å²) in [6.45, 7) is 16.6. The van der Waals surface area contributed by atoms with E-state index < -0.39 is 0 Å². The molecule has 2 rings (SSSR count). The van der Waals surface area contributed by atoms with Crippen LogP contribution in [0.15, 0.2) is 73.2 Å². The maximum Gasteiger partial charge on any atom is 0.111 e. The molecule has 2 heteroatoms. The molecule has 0 aliphatic heterocycles. The monoisotopic (exact) mass is 347 g/mol. The number of rotatable bonds is 7. The molecule has 1 unspecified atom stereocenters. The SMILES string of the molecule is C=C(NC(Cc1ccccc1)/C(O)=C\C)C(=C)c1cc(C)cc(C)c1C. The van der Waals surface area contributed by atoms with E-state index in [0.717, 1.165) is 22.4 Å². The number of hydrogen-bond donors (Lipinski definition) is 2. The number of aryl methyl sites for hydroxylation is 2. The molecule has 2 aromatic carbocycles. The van der Waals surface area contributed by atoms with Gasteiger partial charge in [0.25, 0.3) is 0 Å². The predicted molar refractivity (Wildman–Crippen MR) is 112 cm³/mol. The van der Waals surface area contributed by atoms with Crippen LogP contribution in [0.25, 0.3) is 5.57 Å². The molecule has 136 valence electrons. The van der Waals surface area contributed by atoms with Crippen molar-refractivity contribution in [2.75, 3.05) is 0 Å². The van der Waals surface area contributed by atoms with Gasteiger partial charge in [-0.1, -0.05) is 61.2 Å². The fourth-order valence-corrected chi connectivity index (χ4v) is 3.09. The van der Waals surface area contributed by atoms with Crippen LogP contribution in [0, 0.1) is 20.8 Å². The van der Waals surface area contributed by atoms with E-state index >= 15 is 0 Å². The van der Waals surface area contributed by atoms with Crippen molar-refractivity contribution in [3.05, 3.63) is 101 Å². The van der Waals surface area contributed by atoms with E-state index in [9.17, 15) is 5.11 Å². The zero-order valence-corrected chi connectivity index (χ0v) is 16.3. The third kappa shape index (κ3) is 4.66. The van der Waals surface area contributed by atoms with Gasteiger partial charge in [-0.05, 0) is 68.0 Å². The quantitative estimate of drug-likeness (QED) is 0.490. The lowest BCUT2D eigenvalue weighted by molar-refractivity contribution is 0.348. The average molecular weight is 348 g/mol. The van der Waals surface area contributed by atoms with Crippen molar-refractivity contribution in [3.8, 4) is 0 Å². The zero-order valence-electron chi connectivity index (χ0n) is 16.3. The van der Waals surface area contributed by atoms with E-state index in [4.69, 9.17) is 0 Å². The molecule has 0 aliphatic rings. The lowest BCUT2D eigenvalue weighted by Crippen LogP contribution is -2.32. The molecule has 2 N–H and O–H groups in total. The van der Waals surface area contributed by atoms with Gasteiger partial charge in [-0.2, -0.15) is 0 Å². The summed E-state index contributed by atoms with van der Waals surface area (Å²) in [7, 11) is 0. The number of nitrogens with one attached hydrogen (secondary N) is 1. The highest BCUT2D eigenvalue weighted by molar-refractivity contribution is 5.78. The summed E-state index contributed by atoms with van der Waals surface area (Å²) in [5.74, 6) is 0.306. The molecular weight excluding hydrogens is 318 g/mol. The molecule has 0 aromatic heterocycles. The van der Waals surface area contributed by atoms with Crippen LogP contribution in [0.2, 0.25) is 0 Å². The van der Waals surface area contributed by atoms with Gasteiger partial charge in [-0.15, -0.1) is 0 Å². The molecule has 2 nitrogen and oxygen atoms in total. The Labute approximate surface area is 157 Å². The van der Waals surface area contributed by atoms with Gasteiger partial charge in [0.2, 0.25) is 0 Å². The lowest BCUT2D eigenvalue weighted by Gasteiger charge is -2.23. The van der Waals surface area contributed by atoms with E-state index in [1.165, 1.54) is 16.7 Å². The average Bonchev–Trinajstić information content (AvgIpc) is 2.63. The summed E-state index contributed by atoms with van der Waals surface area (Å²) in [6.07, 6.45) is 2.40. The maximum atomic E-state index is 10.4. The van der Waals surface area contributed by atoms with Crippen LogP contribution in [-0.2, 0) is 6.42 Å². The summed E-state index contributed by atoms with van der Waals surface area (Å²) in [5, 5.41) is 13.7. The maximum absolute atomic E-state index is 10.4. The summed E-state index contributed by atoms with van der Waals surface area (Å²) in [6, 6.07) is 14.2. The highest BCUT2D eigenvalue weighted by Crippen LogP contribution is 2.26. The molecule has 0 heterocycles. The van der Waals surface area contributed by atoms with Crippen molar-refractivity contribution in [1.82, 2.24) is 5.32 Å². The van der Waals surface area contributed by atoms with Crippen LogP contribution in [-0.4, -0.2) is 11.1 Å². The largest absolute Gasteiger partial charge is 0.510 e. The van der Waals surface area contributed by atoms with Crippen LogP contribution in [0.1, 0.15) is 34.7 Å². The highest BCUT2D eigenvalue weighted by Gasteiger charge is 2.17. The summed E-state index contributed by atoms with van der Waals surface area (Å²) >= 11 is 0. The Hall–Kier alpha value is -2.74. The van der Waals surface area contributed by atoms with Crippen LogP contribution in [0.5, 0.6) is 0 Å². The third-order valence-corrected chi connectivity index (χ3v) is 4.78. The molecular formula is C24H29NO. The van der Waals surface area contributed by atoms with Crippen LogP contribution in [0.4, 0.5) is 0 Å². The van der Waals surface area contributed by atoms with Crippen LogP contribution >= 0.6 is 0 Å². The zero-order chi connectivity index (χ0) is 19.3. The van der Waals surface area contributed by atoms with Gasteiger partial charge in [0, 0.05) is 5.70 Å². The molecule has 0 aliphatic carbocycles. The first kappa shape index (κ1) is 19.6. The number of aliphatic hydroxyl groups is 1. The number of allylic oxidation sites excluding steroid dienone is 2. The standard InChI is InChI=1S/C24H29NO/c1-7-24(26)23(15-21-11-9-8-10-12-21)25-20(6)19(5)22-14-16(2)13-17(3)18(22)4/h7-14,23,25-26H,5-6,15H2,1-4H3/b24-7+. The van der Waals surface area contributed by atoms with E-state index in [0.29, 0.717) is 12.2 Å². The fourth-order valence-electron chi connectivity index (χ4n) is 3.09. The second-order valence-electron chi connectivity index (χ2n) is 6.81. The summed E-state index contributed by atoms with van der Waals surface area (Å²) in [4.78, 5) is 0. The van der Waals surface area contributed by atoms with E-state index in [1.807, 2.05) is 25.1 Å². The van der Waals surface area contributed by atoms with Crippen molar-refractivity contribution in [3.63, 3.8) is 0 Å². The fraction of sp³-hybridized carbons (Fsp3) is 0.250. The Morgan fingerprint density at radius 1 is 1.12 bits per heavy atom. The first-order chi connectivity index (χ1) is 12.3. The van der Waals surface area contributed by atoms with Crippen LogP contribution < -0.4 is 5.32 Å². The molecule has 0 fully saturated rings. The molecule has 2 aromatic rings. The van der Waals surface area contributed by atoms with Crippen molar-refractivity contribution in [1.29, 1.82) is 0 Å². The molecule has 0 radical (unpaired) electrons. The van der Waals surface area contributed by atoms with Crippen molar-refractivity contribution >= 4 is 5.57 Å². The van der Waals surface area contributed by atoms with Crippen molar-refractivity contribution in [2.45, 2.75) is 40.2 Å². The lowest BCUT2D eigenvalue weighted by atomic mass is 9.93. The second-order valence-corrected chi connectivity index (χ2v) is 6.81. The van der Waals surface area contributed by atoms with Gasteiger partial charge in [0.15, 0.2) is 0 Å². The first-order valence-corrected chi connectivity index (χ1v) is 8.95. The highest BCUT2D eigenvalue weighted by atomic mass is 16.3. The van der Waals surface area contributed by atoms with Crippen LogP contribution in [0.3, 0.4) is 0 Å². The van der Waals surface area contributed by atoms with Gasteiger partial charge >= 0.3 is 0 Å². The van der Waals surface area contributed by atoms with Crippen molar-refractivity contribution < 1.29 is 5.11 Å². The predicted octanol–water partition coefficient (Wildman–Crippen LogP) is 5.80. The van der Waals surface area contributed by atoms with Gasteiger partial charge in [0.05, 0.1) is 6.04 Å². The number of hydrogen-bond acceptors (Lipinski definition) is 2. The molecule has 0 saturated carbocycles. The van der Waals surface area contributed by atoms with Crippen molar-refractivity contribution in [2.24, 2.45) is 0 Å². The second kappa shape index (κ2) is 8.57. The van der Waals surface area contributed by atoms with Gasteiger partial charge in [0.1, 0.15) is 5.76 Å². The molecule has 0 amide bonds. The minimum Gasteiger partial charge on any atom is -0.510 e. The Balaban J connectivity index is 2.23. The Morgan fingerprint density at radius 3 is 2.38 bits per heavy atom. The number of benzene rings is 2. The molecule has 26 heavy (non-hydrogen) atoms.